The van der Waals surface area contributed by atoms with Crippen molar-refractivity contribution in [2.45, 2.75) is 71.1 Å². The second-order valence-corrected chi connectivity index (χ2v) is 5.09. The highest BCUT2D eigenvalue weighted by Gasteiger charge is 1.96. The van der Waals surface area contributed by atoms with Crippen molar-refractivity contribution in [2.75, 3.05) is 13.2 Å². The van der Waals surface area contributed by atoms with Crippen LogP contribution in [-0.4, -0.2) is 24.3 Å². The molecule has 124 valence electrons. The Balaban J connectivity index is 0. The summed E-state index contributed by atoms with van der Waals surface area (Å²) in [6.07, 6.45) is 14.9. The van der Waals surface area contributed by atoms with Gasteiger partial charge in [-0.3, -0.25) is 4.79 Å². The zero-order valence-electron chi connectivity index (χ0n) is 13.8. The molecule has 0 aromatic heterocycles. The fraction of sp³-hybridized carbons (Fsp3) is 0.722. The van der Waals surface area contributed by atoms with Gasteiger partial charge in [0, 0.05) is 6.42 Å². The van der Waals surface area contributed by atoms with E-state index in [1.807, 2.05) is 0 Å². The number of carbonyl (C=O) groups is 1. The van der Waals surface area contributed by atoms with Crippen LogP contribution in [0.2, 0.25) is 0 Å². The van der Waals surface area contributed by atoms with E-state index in [4.69, 9.17) is 9.84 Å². The molecular weight excluding hydrogens is 264 g/mol. The van der Waals surface area contributed by atoms with E-state index in [1.165, 1.54) is 44.9 Å². The van der Waals surface area contributed by atoms with Crippen molar-refractivity contribution in [2.24, 2.45) is 0 Å². The lowest BCUT2D eigenvalue weighted by molar-refractivity contribution is -0.137. The summed E-state index contributed by atoms with van der Waals surface area (Å²) < 4.78 is 4.90. The number of unbranched alkanes of at least 4 members (excludes halogenated alkanes) is 8. The Morgan fingerprint density at radius 1 is 0.905 bits per heavy atom. The first-order valence-corrected chi connectivity index (χ1v) is 8.20. The molecule has 0 saturated heterocycles. The van der Waals surface area contributed by atoms with Gasteiger partial charge in [-0.15, -0.1) is 13.2 Å². The maximum absolute atomic E-state index is 10.2. The average molecular weight is 298 g/mol. The number of hydrogen-bond acceptors (Lipinski definition) is 2. The molecule has 3 nitrogen and oxygen atoms in total. The van der Waals surface area contributed by atoms with Crippen LogP contribution < -0.4 is 0 Å². The minimum absolute atomic E-state index is 0.343. The van der Waals surface area contributed by atoms with Gasteiger partial charge in [-0.05, 0) is 6.42 Å². The summed E-state index contributed by atoms with van der Waals surface area (Å²) in [5, 5.41) is 8.41. The normalized spacial score (nSPS) is 9.57. The molecule has 0 rings (SSSR count). The molecule has 0 aliphatic rings. The third-order valence-corrected chi connectivity index (χ3v) is 2.97. The fourth-order valence-electron chi connectivity index (χ4n) is 1.82. The van der Waals surface area contributed by atoms with Gasteiger partial charge in [0.25, 0.3) is 0 Å². The molecule has 0 atom stereocenters. The minimum atomic E-state index is -0.659. The Morgan fingerprint density at radius 2 is 1.33 bits per heavy atom. The molecule has 0 bridgehead atoms. The summed E-state index contributed by atoms with van der Waals surface area (Å²) in [5.41, 5.74) is 0. The molecule has 0 aliphatic heterocycles. The molecule has 0 spiro atoms. The molecule has 1 N–H and O–H groups in total. The first-order valence-electron chi connectivity index (χ1n) is 8.20. The molecule has 3 heteroatoms. The summed E-state index contributed by atoms with van der Waals surface area (Å²) in [6.45, 7) is 10.4. The zero-order chi connectivity index (χ0) is 16.2. The summed E-state index contributed by atoms with van der Waals surface area (Å²) in [6, 6.07) is 0. The fourth-order valence-corrected chi connectivity index (χ4v) is 1.82. The number of rotatable bonds is 14. The highest BCUT2D eigenvalue weighted by Crippen LogP contribution is 2.10. The first kappa shape index (κ1) is 22.2. The molecular formula is C18H34O3. The van der Waals surface area contributed by atoms with Crippen LogP contribution in [0.15, 0.2) is 25.3 Å². The molecule has 21 heavy (non-hydrogen) atoms. The van der Waals surface area contributed by atoms with E-state index in [2.05, 4.69) is 20.1 Å². The van der Waals surface area contributed by atoms with Crippen LogP contribution in [0.3, 0.4) is 0 Å². The van der Waals surface area contributed by atoms with E-state index >= 15 is 0 Å². The van der Waals surface area contributed by atoms with Crippen molar-refractivity contribution in [1.29, 1.82) is 0 Å². The Labute approximate surface area is 131 Å². The van der Waals surface area contributed by atoms with Gasteiger partial charge >= 0.3 is 5.97 Å². The summed E-state index contributed by atoms with van der Waals surface area (Å²) in [4.78, 5) is 10.2. The van der Waals surface area contributed by atoms with Crippen LogP contribution in [0.5, 0.6) is 0 Å². The highest BCUT2D eigenvalue weighted by molar-refractivity contribution is 5.66. The maximum atomic E-state index is 10.2. The van der Waals surface area contributed by atoms with Gasteiger partial charge in [0.1, 0.15) is 0 Å². The van der Waals surface area contributed by atoms with Crippen molar-refractivity contribution < 1.29 is 14.6 Å². The zero-order valence-corrected chi connectivity index (χ0v) is 13.8. The topological polar surface area (TPSA) is 46.5 Å². The van der Waals surface area contributed by atoms with E-state index in [9.17, 15) is 4.79 Å². The summed E-state index contributed by atoms with van der Waals surface area (Å²) in [7, 11) is 0. The summed E-state index contributed by atoms with van der Waals surface area (Å²) in [5.74, 6) is -0.659. The second-order valence-electron chi connectivity index (χ2n) is 5.09. The van der Waals surface area contributed by atoms with Crippen LogP contribution >= 0.6 is 0 Å². The van der Waals surface area contributed by atoms with E-state index in [0.717, 1.165) is 12.8 Å². The second kappa shape index (κ2) is 21.2. The van der Waals surface area contributed by atoms with Gasteiger partial charge in [-0.1, -0.05) is 70.4 Å². The molecule has 0 aromatic rings. The molecule has 0 radical (unpaired) electrons. The molecule has 0 aromatic carbocycles. The quantitative estimate of drug-likeness (QED) is 0.346. The molecule has 0 fully saturated rings. The Bertz CT molecular complexity index is 229. The SMILES string of the molecule is C=CCOCC=C.CCCCCCCCCCCC(=O)O. The van der Waals surface area contributed by atoms with Crippen molar-refractivity contribution in [3.05, 3.63) is 25.3 Å². The molecule has 0 saturated carbocycles. The first-order chi connectivity index (χ1) is 10.2. The Hall–Kier alpha value is -1.09. The summed E-state index contributed by atoms with van der Waals surface area (Å²) >= 11 is 0. The third kappa shape index (κ3) is 27.9. The number of carboxylic acid groups (broad SMARTS) is 1. The molecule has 0 unspecified atom stereocenters. The lowest BCUT2D eigenvalue weighted by Gasteiger charge is -2.00. The van der Waals surface area contributed by atoms with Gasteiger partial charge in [0.2, 0.25) is 0 Å². The van der Waals surface area contributed by atoms with Crippen LogP contribution in [-0.2, 0) is 9.53 Å². The third-order valence-electron chi connectivity index (χ3n) is 2.97. The Morgan fingerprint density at radius 3 is 1.71 bits per heavy atom. The smallest absolute Gasteiger partial charge is 0.303 e. The molecule has 0 aliphatic carbocycles. The van der Waals surface area contributed by atoms with Crippen molar-refractivity contribution in [1.82, 2.24) is 0 Å². The monoisotopic (exact) mass is 298 g/mol. The lowest BCUT2D eigenvalue weighted by atomic mass is 10.1. The predicted octanol–water partition coefficient (Wildman–Crippen LogP) is 5.37. The number of carboxylic acids is 1. The standard InChI is InChI=1S/C12H24O2.C6H10O/c1-2-3-4-5-6-7-8-9-10-11-12(13)14;1-3-5-7-6-4-2/h2-11H2,1H3,(H,13,14);3-4H,1-2,5-6H2. The van der Waals surface area contributed by atoms with Gasteiger partial charge in [-0.25, -0.2) is 0 Å². The van der Waals surface area contributed by atoms with Crippen molar-refractivity contribution in [3.8, 4) is 0 Å². The average Bonchev–Trinajstić information content (AvgIpc) is 2.46. The van der Waals surface area contributed by atoms with Crippen molar-refractivity contribution in [3.63, 3.8) is 0 Å². The molecule has 0 heterocycles. The van der Waals surface area contributed by atoms with Gasteiger partial charge < -0.3 is 9.84 Å². The van der Waals surface area contributed by atoms with Gasteiger partial charge in [0.05, 0.1) is 13.2 Å². The van der Waals surface area contributed by atoms with Crippen molar-refractivity contribution >= 4 is 5.97 Å². The maximum Gasteiger partial charge on any atom is 0.303 e. The Kier molecular flexibility index (Phi) is 22.4. The van der Waals surface area contributed by atoms with E-state index in [1.54, 1.807) is 12.2 Å². The van der Waals surface area contributed by atoms with Gasteiger partial charge in [0.15, 0.2) is 0 Å². The molecule has 0 amide bonds. The highest BCUT2D eigenvalue weighted by atomic mass is 16.5. The van der Waals surface area contributed by atoms with E-state index in [0.29, 0.717) is 19.6 Å². The predicted molar refractivity (Wildman–Crippen MR) is 90.7 cm³/mol. The van der Waals surface area contributed by atoms with E-state index in [-0.39, 0.29) is 0 Å². The number of aliphatic carboxylic acids is 1. The minimum Gasteiger partial charge on any atom is -0.481 e. The number of ether oxygens (including phenoxy) is 1. The van der Waals surface area contributed by atoms with Crippen LogP contribution in [0.25, 0.3) is 0 Å². The van der Waals surface area contributed by atoms with E-state index < -0.39 is 5.97 Å². The van der Waals surface area contributed by atoms with Gasteiger partial charge in [-0.2, -0.15) is 0 Å². The van der Waals surface area contributed by atoms with Crippen LogP contribution in [0, 0.1) is 0 Å². The lowest BCUT2D eigenvalue weighted by Crippen LogP contribution is -1.93. The number of hydrogen-bond donors (Lipinski definition) is 1. The largest absolute Gasteiger partial charge is 0.481 e. The van der Waals surface area contributed by atoms with Crippen LogP contribution in [0.4, 0.5) is 0 Å². The van der Waals surface area contributed by atoms with Crippen LogP contribution in [0.1, 0.15) is 71.1 Å².